The first-order valence-corrected chi connectivity index (χ1v) is 8.58. The predicted octanol–water partition coefficient (Wildman–Crippen LogP) is 3.58. The van der Waals surface area contributed by atoms with Gasteiger partial charge < -0.3 is 15.2 Å². The van der Waals surface area contributed by atoms with E-state index in [-0.39, 0.29) is 5.75 Å². The van der Waals surface area contributed by atoms with E-state index in [1.165, 1.54) is 7.11 Å². The van der Waals surface area contributed by atoms with Crippen molar-refractivity contribution < 1.29 is 14.6 Å². The van der Waals surface area contributed by atoms with E-state index in [9.17, 15) is 9.90 Å². The molecule has 0 aromatic heterocycles. The van der Waals surface area contributed by atoms with Crippen LogP contribution in [0.2, 0.25) is 0 Å². The molecule has 2 aromatic carbocycles. The van der Waals surface area contributed by atoms with Gasteiger partial charge in [0.25, 0.3) is 0 Å². The van der Waals surface area contributed by atoms with Crippen LogP contribution in [0.25, 0.3) is 0 Å². The average molecular weight is 368 g/mol. The number of aryl methyl sites for hydroxylation is 1. The fourth-order valence-corrected chi connectivity index (χ4v) is 3.47. The lowest BCUT2D eigenvalue weighted by Gasteiger charge is -2.37. The van der Waals surface area contributed by atoms with Crippen LogP contribution >= 0.6 is 12.2 Å². The Morgan fingerprint density at radius 2 is 1.88 bits per heavy atom. The zero-order valence-electron chi connectivity index (χ0n) is 14.8. The minimum Gasteiger partial charge on any atom is -0.508 e. The van der Waals surface area contributed by atoms with Crippen molar-refractivity contribution in [3.63, 3.8) is 0 Å². The molecule has 0 fully saturated rings. The Hall–Kier alpha value is -2.86. The minimum absolute atomic E-state index is 0.161. The number of rotatable bonds is 3. The van der Waals surface area contributed by atoms with Crippen LogP contribution < -0.4 is 10.2 Å². The molecule has 0 amide bonds. The molecule has 0 radical (unpaired) electrons. The first-order chi connectivity index (χ1) is 12.4. The Labute approximate surface area is 157 Å². The molecule has 1 heterocycles. The lowest BCUT2D eigenvalue weighted by Crippen LogP contribution is -2.48. The number of hydrogen-bond acceptors (Lipinski definition) is 4. The molecule has 3 rings (SSSR count). The molecule has 0 saturated heterocycles. The van der Waals surface area contributed by atoms with E-state index in [0.717, 1.165) is 16.8 Å². The van der Waals surface area contributed by atoms with Gasteiger partial charge in [-0.2, -0.15) is 0 Å². The number of anilines is 1. The van der Waals surface area contributed by atoms with Crippen LogP contribution in [0.3, 0.4) is 0 Å². The molecule has 2 aromatic rings. The molecular formula is C20H20N2O3S. The summed E-state index contributed by atoms with van der Waals surface area (Å²) >= 11 is 5.59. The SMILES string of the molecule is COC(=O)C1=C(C)N(c2cccc(C)c2)C(=S)N[C@H]1c1ccc(O)cc1. The first kappa shape index (κ1) is 17.9. The number of methoxy groups -OCH3 is 1. The van der Waals surface area contributed by atoms with Crippen molar-refractivity contribution in [3.8, 4) is 5.75 Å². The van der Waals surface area contributed by atoms with Crippen LogP contribution in [-0.4, -0.2) is 23.3 Å². The van der Waals surface area contributed by atoms with E-state index in [2.05, 4.69) is 5.32 Å². The number of nitrogens with one attached hydrogen (secondary N) is 1. The Bertz CT molecular complexity index is 890. The van der Waals surface area contributed by atoms with Gasteiger partial charge in [0, 0.05) is 11.4 Å². The zero-order valence-corrected chi connectivity index (χ0v) is 15.6. The quantitative estimate of drug-likeness (QED) is 0.638. The molecule has 6 heteroatoms. The molecule has 0 spiro atoms. The summed E-state index contributed by atoms with van der Waals surface area (Å²) in [5.41, 5.74) is 3.98. The van der Waals surface area contributed by atoms with E-state index in [1.807, 2.05) is 43.0 Å². The highest BCUT2D eigenvalue weighted by Crippen LogP contribution is 2.34. The summed E-state index contributed by atoms with van der Waals surface area (Å²) in [6.07, 6.45) is 0. The molecule has 134 valence electrons. The third-order valence-corrected chi connectivity index (χ3v) is 4.68. The number of benzene rings is 2. The van der Waals surface area contributed by atoms with Crippen LogP contribution in [0.5, 0.6) is 5.75 Å². The Kier molecular flexibility index (Phi) is 4.95. The topological polar surface area (TPSA) is 61.8 Å². The number of thiocarbonyl (C=S) groups is 1. The van der Waals surface area contributed by atoms with Crippen LogP contribution in [0.4, 0.5) is 5.69 Å². The van der Waals surface area contributed by atoms with Crippen molar-refractivity contribution in [2.24, 2.45) is 0 Å². The lowest BCUT2D eigenvalue weighted by molar-refractivity contribution is -0.136. The van der Waals surface area contributed by atoms with Crippen molar-refractivity contribution in [1.82, 2.24) is 5.32 Å². The van der Waals surface area contributed by atoms with Crippen LogP contribution in [-0.2, 0) is 9.53 Å². The fraction of sp³-hybridized carbons (Fsp3) is 0.200. The van der Waals surface area contributed by atoms with E-state index >= 15 is 0 Å². The second kappa shape index (κ2) is 7.17. The lowest BCUT2D eigenvalue weighted by atomic mass is 9.94. The summed E-state index contributed by atoms with van der Waals surface area (Å²) in [5.74, 6) is -0.262. The number of hydrogen-bond donors (Lipinski definition) is 2. The van der Waals surface area contributed by atoms with E-state index < -0.39 is 12.0 Å². The molecular weight excluding hydrogens is 348 g/mol. The number of aromatic hydroxyl groups is 1. The highest BCUT2D eigenvalue weighted by atomic mass is 32.1. The third kappa shape index (κ3) is 3.28. The summed E-state index contributed by atoms with van der Waals surface area (Å²) in [4.78, 5) is 14.4. The van der Waals surface area contributed by atoms with Gasteiger partial charge in [-0.15, -0.1) is 0 Å². The number of phenols is 1. The number of nitrogens with zero attached hydrogens (tertiary/aromatic N) is 1. The van der Waals surface area contributed by atoms with Gasteiger partial charge in [-0.05, 0) is 61.5 Å². The Morgan fingerprint density at radius 3 is 2.50 bits per heavy atom. The number of carbonyl (C=O) groups is 1. The van der Waals surface area contributed by atoms with Gasteiger partial charge >= 0.3 is 5.97 Å². The second-order valence-electron chi connectivity index (χ2n) is 6.14. The summed E-state index contributed by atoms with van der Waals surface area (Å²) < 4.78 is 5.02. The van der Waals surface area contributed by atoms with Crippen molar-refractivity contribution >= 4 is 29.0 Å². The molecule has 5 nitrogen and oxygen atoms in total. The maximum absolute atomic E-state index is 12.5. The van der Waals surface area contributed by atoms with Gasteiger partial charge in [0.2, 0.25) is 0 Å². The second-order valence-corrected chi connectivity index (χ2v) is 6.53. The van der Waals surface area contributed by atoms with Gasteiger partial charge in [0.15, 0.2) is 5.11 Å². The van der Waals surface area contributed by atoms with E-state index in [4.69, 9.17) is 17.0 Å². The largest absolute Gasteiger partial charge is 0.508 e. The van der Waals surface area contributed by atoms with Crippen LogP contribution in [0.1, 0.15) is 24.1 Å². The maximum atomic E-state index is 12.5. The molecule has 26 heavy (non-hydrogen) atoms. The van der Waals surface area contributed by atoms with Crippen molar-refractivity contribution in [2.45, 2.75) is 19.9 Å². The number of ether oxygens (including phenoxy) is 1. The molecule has 1 aliphatic rings. The van der Waals surface area contributed by atoms with E-state index in [0.29, 0.717) is 16.4 Å². The number of allylic oxidation sites excluding steroid dienone is 1. The van der Waals surface area contributed by atoms with Gasteiger partial charge in [0.1, 0.15) is 5.75 Å². The smallest absolute Gasteiger partial charge is 0.337 e. The van der Waals surface area contributed by atoms with Gasteiger partial charge in [-0.1, -0.05) is 24.3 Å². The third-order valence-electron chi connectivity index (χ3n) is 4.38. The first-order valence-electron chi connectivity index (χ1n) is 8.17. The standard InChI is InChI=1S/C20H20N2O3S/c1-12-5-4-6-15(11-12)22-13(2)17(19(24)25-3)18(21-20(22)26)14-7-9-16(23)10-8-14/h4-11,18,23H,1-3H3,(H,21,26)/t18-/m0/s1. The number of carbonyl (C=O) groups excluding carboxylic acids is 1. The Balaban J connectivity index is 2.13. The molecule has 0 bridgehead atoms. The summed E-state index contributed by atoms with van der Waals surface area (Å²) in [5, 5.41) is 13.3. The van der Waals surface area contributed by atoms with E-state index in [1.54, 1.807) is 24.3 Å². The molecule has 2 N–H and O–H groups in total. The van der Waals surface area contributed by atoms with Gasteiger partial charge in [-0.3, -0.25) is 4.90 Å². The molecule has 0 saturated carbocycles. The van der Waals surface area contributed by atoms with Gasteiger partial charge in [0.05, 0.1) is 18.7 Å². The normalized spacial score (nSPS) is 17.1. The monoisotopic (exact) mass is 368 g/mol. The van der Waals surface area contributed by atoms with Gasteiger partial charge in [-0.25, -0.2) is 4.79 Å². The van der Waals surface area contributed by atoms with Crippen molar-refractivity contribution in [2.75, 3.05) is 12.0 Å². The highest BCUT2D eigenvalue weighted by Gasteiger charge is 2.35. The molecule has 1 aliphatic heterocycles. The predicted molar refractivity (Wildman–Crippen MR) is 105 cm³/mol. The summed E-state index contributed by atoms with van der Waals surface area (Å²) in [6.45, 7) is 3.86. The highest BCUT2D eigenvalue weighted by molar-refractivity contribution is 7.80. The van der Waals surface area contributed by atoms with Crippen LogP contribution in [0, 0.1) is 6.92 Å². The Morgan fingerprint density at radius 1 is 1.19 bits per heavy atom. The number of phenolic OH excluding ortho intramolecular Hbond substituents is 1. The van der Waals surface area contributed by atoms with Crippen molar-refractivity contribution in [3.05, 3.63) is 70.9 Å². The molecule has 1 atom stereocenters. The fourth-order valence-electron chi connectivity index (χ4n) is 3.11. The molecule has 0 unspecified atom stereocenters. The zero-order chi connectivity index (χ0) is 18.8. The maximum Gasteiger partial charge on any atom is 0.337 e. The average Bonchev–Trinajstić information content (AvgIpc) is 2.61. The van der Waals surface area contributed by atoms with Crippen molar-refractivity contribution in [1.29, 1.82) is 0 Å². The summed E-state index contributed by atoms with van der Waals surface area (Å²) in [7, 11) is 1.36. The summed E-state index contributed by atoms with van der Waals surface area (Å²) in [6, 6.07) is 14.1. The number of esters is 1. The molecule has 0 aliphatic carbocycles. The van der Waals surface area contributed by atoms with Crippen LogP contribution in [0.15, 0.2) is 59.8 Å². The minimum atomic E-state index is -0.448.